The highest BCUT2D eigenvalue weighted by Crippen LogP contribution is 2.35. The van der Waals surface area contributed by atoms with Crippen molar-refractivity contribution in [3.05, 3.63) is 54.1 Å². The highest BCUT2D eigenvalue weighted by molar-refractivity contribution is 7.89. The minimum Gasteiger partial charge on any atom is -0.508 e. The molecule has 392 valence electrons. The fourth-order valence-electron chi connectivity index (χ4n) is 9.52. The molecule has 0 unspecified atom stereocenters. The number of fused-ring (bicyclic) bond motifs is 2. The zero-order chi connectivity index (χ0) is 50.0. The van der Waals surface area contributed by atoms with Crippen LogP contribution in [0.25, 0.3) is 0 Å². The first kappa shape index (κ1) is 54.1. The Bertz CT molecular complexity index is 2060. The second kappa shape index (κ2) is 24.8. The maximum atomic E-state index is 13.4. The molecule has 23 heteroatoms. The molecule has 0 spiro atoms. The Morgan fingerprint density at radius 2 is 1.01 bits per heavy atom. The van der Waals surface area contributed by atoms with Gasteiger partial charge in [0, 0.05) is 0 Å². The molecule has 6 aliphatic rings. The van der Waals surface area contributed by atoms with Crippen LogP contribution in [0.15, 0.2) is 58.3 Å². The number of sulfonamides is 2. The van der Waals surface area contributed by atoms with Crippen molar-refractivity contribution in [2.24, 2.45) is 11.8 Å². The third-order valence-electron chi connectivity index (χ3n) is 13.7. The Morgan fingerprint density at radius 1 is 0.629 bits per heavy atom. The van der Waals surface area contributed by atoms with Gasteiger partial charge in [-0.1, -0.05) is 66.2 Å². The summed E-state index contributed by atoms with van der Waals surface area (Å²) >= 11 is 0. The molecule has 2 aromatic rings. The zero-order valence-corrected chi connectivity index (χ0v) is 41.7. The normalized spacial score (nSPS) is 26.6. The van der Waals surface area contributed by atoms with E-state index in [4.69, 9.17) is 38.1 Å². The lowest BCUT2D eigenvalue weighted by Crippen LogP contribution is -2.50. The first-order valence-corrected chi connectivity index (χ1v) is 27.4. The number of hydrogen-bond acceptors (Lipinski definition) is 17. The van der Waals surface area contributed by atoms with Crippen LogP contribution in [-0.4, -0.2) is 154 Å². The number of phenolic OH excluding ortho intramolecular Hbond substituents is 1. The van der Waals surface area contributed by atoms with E-state index in [9.17, 15) is 41.7 Å². The molecule has 4 aliphatic heterocycles. The molecule has 21 nitrogen and oxygen atoms in total. The molecule has 10 atom stereocenters. The lowest BCUT2D eigenvalue weighted by atomic mass is 10.0. The molecule has 0 aromatic heterocycles. The molecule has 8 rings (SSSR count). The predicted molar refractivity (Wildman–Crippen MR) is 248 cm³/mol. The molecule has 4 saturated heterocycles. The number of hydrogen-bond donors (Lipinski definition) is 5. The molecular formula is C47H70N4O17S2. The number of aliphatic hydroxyl groups excluding tert-OH is 2. The van der Waals surface area contributed by atoms with Gasteiger partial charge in [-0.05, 0) is 94.7 Å². The van der Waals surface area contributed by atoms with Gasteiger partial charge in [0.1, 0.15) is 18.0 Å². The minimum absolute atomic E-state index is 0.000653. The predicted octanol–water partition coefficient (Wildman–Crippen LogP) is 4.37. The Labute approximate surface area is 410 Å². The van der Waals surface area contributed by atoms with Gasteiger partial charge in [0.25, 0.3) is 20.0 Å². The lowest BCUT2D eigenvalue weighted by molar-refractivity contribution is -0.145. The van der Waals surface area contributed by atoms with Crippen molar-refractivity contribution in [3.8, 4) is 5.75 Å². The average molecular weight is 1030 g/mol. The number of aryl methyl sites for hydroxylation is 1. The van der Waals surface area contributed by atoms with Crippen molar-refractivity contribution in [2.45, 2.75) is 169 Å². The number of carbonyl (C=O) groups excluding carboxylic acids is 2. The van der Waals surface area contributed by atoms with Gasteiger partial charge < -0.3 is 54.4 Å². The highest BCUT2D eigenvalue weighted by atomic mass is 32.2. The summed E-state index contributed by atoms with van der Waals surface area (Å²) < 4.78 is 88.0. The van der Waals surface area contributed by atoms with Crippen molar-refractivity contribution < 1.29 is 79.8 Å². The number of amides is 2. The third kappa shape index (κ3) is 13.9. The van der Waals surface area contributed by atoms with E-state index in [1.807, 2.05) is 6.92 Å². The molecule has 6 fully saturated rings. The number of rotatable bonds is 20. The highest BCUT2D eigenvalue weighted by Gasteiger charge is 2.46. The molecule has 70 heavy (non-hydrogen) atoms. The zero-order valence-electron chi connectivity index (χ0n) is 40.0. The smallest absolute Gasteiger partial charge is 0.407 e. The number of nitrogens with zero attached hydrogens (tertiary/aromatic N) is 2. The van der Waals surface area contributed by atoms with Gasteiger partial charge in [0.15, 0.2) is 12.6 Å². The molecule has 2 aromatic carbocycles. The van der Waals surface area contributed by atoms with Gasteiger partial charge >= 0.3 is 12.2 Å². The Hall–Kier alpha value is -3.72. The molecule has 2 saturated carbocycles. The van der Waals surface area contributed by atoms with Gasteiger partial charge in [-0.3, -0.25) is 9.68 Å². The molecule has 4 heterocycles. The van der Waals surface area contributed by atoms with Crippen molar-refractivity contribution in [3.63, 3.8) is 0 Å². The van der Waals surface area contributed by atoms with Gasteiger partial charge in [0.2, 0.25) is 0 Å². The number of hydroxylamine groups is 2. The van der Waals surface area contributed by atoms with Crippen LogP contribution in [0.4, 0.5) is 9.59 Å². The second-order valence-corrected chi connectivity index (χ2v) is 22.4. The lowest BCUT2D eigenvalue weighted by Gasteiger charge is -2.30. The summed E-state index contributed by atoms with van der Waals surface area (Å²) in [5.74, 6) is -0.0821. The Kier molecular flexibility index (Phi) is 19.2. The summed E-state index contributed by atoms with van der Waals surface area (Å²) in [6, 6.07) is 10.1. The van der Waals surface area contributed by atoms with Gasteiger partial charge in [0.05, 0.1) is 97.6 Å². The summed E-state index contributed by atoms with van der Waals surface area (Å²) in [4.78, 5) is 36.9. The van der Waals surface area contributed by atoms with E-state index < -0.39 is 68.7 Å². The van der Waals surface area contributed by atoms with Gasteiger partial charge in [-0.25, -0.2) is 26.4 Å². The minimum atomic E-state index is -4.13. The van der Waals surface area contributed by atoms with Crippen molar-refractivity contribution in [1.29, 1.82) is 0 Å². The number of alkyl carbamates (subject to hydrolysis) is 2. The van der Waals surface area contributed by atoms with Crippen LogP contribution in [0, 0.1) is 18.8 Å². The van der Waals surface area contributed by atoms with Crippen LogP contribution in [0.2, 0.25) is 0 Å². The van der Waals surface area contributed by atoms with Crippen LogP contribution in [0.1, 0.15) is 96.5 Å². The fraction of sp³-hybridized carbons (Fsp3) is 0.702. The summed E-state index contributed by atoms with van der Waals surface area (Å²) in [6.07, 6.45) is 3.04. The number of benzene rings is 2. The van der Waals surface area contributed by atoms with Crippen LogP contribution in [0.5, 0.6) is 5.75 Å². The standard InChI is InChI=1S/C24H36N2O8S.C23H34N2O9S/c1-3-20(25-24(28)33-22-15-32-23-19(22)12-13-31-23)21(27)14-26(34-17-6-4-5-7-17)35(29,30)18-10-8-16(2)9-11-18;1-2-19(24-23(28)33-21-14-32-22-18(21)11-12-31-22)20(27)13-25(34-16-5-3-4-6-16)35(29,30)17-9-7-15(26)8-10-17/h8-11,17,19-23,27H,3-7,12-15H2,1-2H3,(H,25,28);7-10,16,18-22,26-27H,2-6,11-14H2,1H3,(H,24,28)/t19-,20-,21+,22-,23+;18-,19-,20+,21-,22+/m00/s1. The molecule has 0 bridgehead atoms. The quantitative estimate of drug-likeness (QED) is 0.115. The van der Waals surface area contributed by atoms with Crippen molar-refractivity contribution >= 4 is 32.2 Å². The first-order valence-electron chi connectivity index (χ1n) is 24.6. The van der Waals surface area contributed by atoms with E-state index in [0.29, 0.717) is 26.1 Å². The average Bonchev–Trinajstić information content (AvgIpc) is 4.21. The second-order valence-electron chi connectivity index (χ2n) is 18.7. The third-order valence-corrected chi connectivity index (χ3v) is 17.0. The Morgan fingerprint density at radius 3 is 1.40 bits per heavy atom. The van der Waals surface area contributed by atoms with Gasteiger partial charge in [-0.2, -0.15) is 0 Å². The molecule has 5 N–H and O–H groups in total. The molecule has 2 amide bonds. The summed E-state index contributed by atoms with van der Waals surface area (Å²) in [7, 11) is -8.16. The fourth-order valence-corrected chi connectivity index (χ4v) is 12.1. The number of carbonyl (C=O) groups is 2. The van der Waals surface area contributed by atoms with Crippen LogP contribution < -0.4 is 10.6 Å². The van der Waals surface area contributed by atoms with E-state index in [0.717, 1.165) is 78.7 Å². The SMILES string of the molecule is CC[C@H](NC(=O)O[C@H]1CO[C@H]2OCC[C@H]21)[C@H](O)CN(OC1CCCC1)S(=O)(=O)c1ccc(C)cc1.CC[C@H](NC(=O)O[C@H]1CO[C@H]2OCC[C@H]21)[C@H](O)CN(OC1CCCC1)S(=O)(=O)c1ccc(O)cc1. The monoisotopic (exact) mass is 1030 g/mol. The number of nitrogens with one attached hydrogen (secondary N) is 2. The van der Waals surface area contributed by atoms with E-state index >= 15 is 0 Å². The maximum absolute atomic E-state index is 13.4. The van der Waals surface area contributed by atoms with Crippen LogP contribution in [0.3, 0.4) is 0 Å². The van der Waals surface area contributed by atoms with E-state index in [1.54, 1.807) is 26.0 Å². The molecule has 2 aliphatic carbocycles. The Balaban J connectivity index is 0.000000206. The number of aliphatic hydroxyl groups is 2. The summed E-state index contributed by atoms with van der Waals surface area (Å²) in [6.45, 7) is 6.37. The summed E-state index contributed by atoms with van der Waals surface area (Å²) in [5, 5.41) is 36.8. The van der Waals surface area contributed by atoms with Crippen molar-refractivity contribution in [1.82, 2.24) is 19.6 Å². The number of aromatic hydroxyl groups is 1. The number of ether oxygens (including phenoxy) is 6. The largest absolute Gasteiger partial charge is 0.508 e. The number of phenols is 1. The van der Waals surface area contributed by atoms with Crippen LogP contribution in [-0.2, 0) is 58.1 Å². The molecule has 0 radical (unpaired) electrons. The van der Waals surface area contributed by atoms with Crippen molar-refractivity contribution in [2.75, 3.05) is 39.5 Å². The summed E-state index contributed by atoms with van der Waals surface area (Å²) in [5.41, 5.74) is 0.934. The maximum Gasteiger partial charge on any atom is 0.407 e. The first-order chi connectivity index (χ1) is 33.5. The van der Waals surface area contributed by atoms with Crippen LogP contribution >= 0.6 is 0 Å². The van der Waals surface area contributed by atoms with E-state index in [1.165, 1.54) is 36.4 Å². The van der Waals surface area contributed by atoms with Gasteiger partial charge in [-0.15, -0.1) is 0 Å². The van der Waals surface area contributed by atoms with E-state index in [2.05, 4.69) is 10.6 Å². The topological polar surface area (TPSA) is 267 Å². The van der Waals surface area contributed by atoms with E-state index in [-0.39, 0.29) is 78.5 Å². The molecular weight excluding hydrogens is 957 g/mol.